The van der Waals surface area contributed by atoms with Crippen molar-refractivity contribution in [3.05, 3.63) is 52.5 Å². The molecule has 0 aromatic heterocycles. The van der Waals surface area contributed by atoms with Crippen LogP contribution in [0.2, 0.25) is 10.0 Å². The van der Waals surface area contributed by atoms with Crippen LogP contribution in [0.4, 0.5) is 5.69 Å². The van der Waals surface area contributed by atoms with E-state index < -0.39 is 15.7 Å². The molecule has 23 heavy (non-hydrogen) atoms. The molecule has 2 aromatic carbocycles. The molecule has 0 aliphatic heterocycles. The molecule has 2 rings (SSSR count). The van der Waals surface area contributed by atoms with Crippen LogP contribution in [0.15, 0.2) is 47.4 Å². The summed E-state index contributed by atoms with van der Waals surface area (Å²) >= 11 is 11.8. The lowest BCUT2D eigenvalue weighted by Gasteiger charge is -2.09. The Morgan fingerprint density at radius 2 is 1.78 bits per heavy atom. The molecule has 0 spiro atoms. The summed E-state index contributed by atoms with van der Waals surface area (Å²) in [6.45, 7) is -0.256. The molecule has 0 saturated carbocycles. The van der Waals surface area contributed by atoms with E-state index >= 15 is 0 Å². The van der Waals surface area contributed by atoms with Crippen LogP contribution < -0.4 is 10.1 Å². The van der Waals surface area contributed by atoms with Gasteiger partial charge in [-0.05, 0) is 36.4 Å². The largest absolute Gasteiger partial charge is 0.482 e. The van der Waals surface area contributed by atoms with Crippen molar-refractivity contribution in [1.82, 2.24) is 0 Å². The molecule has 0 aliphatic carbocycles. The molecule has 0 unspecified atom stereocenters. The smallest absolute Gasteiger partial charge is 0.262 e. The number of carbonyl (C=O) groups is 1. The molecule has 0 aliphatic rings. The van der Waals surface area contributed by atoms with E-state index in [0.717, 1.165) is 6.26 Å². The number of rotatable bonds is 5. The first-order valence-electron chi connectivity index (χ1n) is 6.44. The van der Waals surface area contributed by atoms with Crippen LogP contribution in [0.25, 0.3) is 0 Å². The Kier molecular flexibility index (Phi) is 5.51. The van der Waals surface area contributed by atoms with Gasteiger partial charge in [0.15, 0.2) is 16.4 Å². The first-order valence-corrected chi connectivity index (χ1v) is 9.09. The second kappa shape index (κ2) is 7.21. The monoisotopic (exact) mass is 373 g/mol. The summed E-state index contributed by atoms with van der Waals surface area (Å²) in [7, 11) is -3.27. The number of benzene rings is 2. The van der Waals surface area contributed by atoms with Gasteiger partial charge in [0.05, 0.1) is 9.92 Å². The molecule has 2 aromatic rings. The van der Waals surface area contributed by atoms with E-state index in [2.05, 4.69) is 5.32 Å². The first-order chi connectivity index (χ1) is 10.8. The lowest BCUT2D eigenvalue weighted by molar-refractivity contribution is -0.118. The minimum Gasteiger partial charge on any atom is -0.482 e. The number of sulfone groups is 1. The Balaban J connectivity index is 1.96. The van der Waals surface area contributed by atoms with E-state index in [1.165, 1.54) is 24.3 Å². The molecule has 8 heteroatoms. The van der Waals surface area contributed by atoms with Gasteiger partial charge in [-0.25, -0.2) is 8.42 Å². The lowest BCUT2D eigenvalue weighted by Crippen LogP contribution is -2.20. The minimum absolute atomic E-state index is 0.178. The van der Waals surface area contributed by atoms with E-state index in [9.17, 15) is 13.2 Å². The van der Waals surface area contributed by atoms with Crippen molar-refractivity contribution < 1.29 is 17.9 Å². The van der Waals surface area contributed by atoms with Crippen LogP contribution in [0, 0.1) is 0 Å². The van der Waals surface area contributed by atoms with Gasteiger partial charge in [0.1, 0.15) is 10.8 Å². The highest BCUT2D eigenvalue weighted by atomic mass is 35.5. The quantitative estimate of drug-likeness (QED) is 0.871. The van der Waals surface area contributed by atoms with Gasteiger partial charge < -0.3 is 10.1 Å². The van der Waals surface area contributed by atoms with Crippen LogP contribution in [0.5, 0.6) is 5.75 Å². The summed E-state index contributed by atoms with van der Waals surface area (Å²) in [5.74, 6) is -0.102. The number of anilines is 1. The number of hydrogen-bond acceptors (Lipinski definition) is 4. The number of amides is 1. The normalized spacial score (nSPS) is 11.1. The van der Waals surface area contributed by atoms with E-state index in [-0.39, 0.29) is 16.5 Å². The van der Waals surface area contributed by atoms with Crippen molar-refractivity contribution in [2.24, 2.45) is 0 Å². The topological polar surface area (TPSA) is 72.5 Å². The van der Waals surface area contributed by atoms with Crippen LogP contribution in [0.1, 0.15) is 0 Å². The SMILES string of the molecule is CS(=O)(=O)c1ccc(NC(=O)COc2cccc(Cl)c2Cl)cc1. The van der Waals surface area contributed by atoms with Gasteiger partial charge in [-0.2, -0.15) is 0 Å². The molecule has 0 atom stereocenters. The molecular weight excluding hydrogens is 361 g/mol. The van der Waals surface area contributed by atoms with Crippen LogP contribution in [0.3, 0.4) is 0 Å². The van der Waals surface area contributed by atoms with Crippen molar-refractivity contribution in [2.75, 3.05) is 18.2 Å². The van der Waals surface area contributed by atoms with Gasteiger partial charge >= 0.3 is 0 Å². The molecule has 1 N–H and O–H groups in total. The number of carbonyl (C=O) groups excluding carboxylic acids is 1. The average Bonchev–Trinajstić information content (AvgIpc) is 2.48. The number of hydrogen-bond donors (Lipinski definition) is 1. The van der Waals surface area contributed by atoms with Gasteiger partial charge in [-0.3, -0.25) is 4.79 Å². The van der Waals surface area contributed by atoms with E-state index in [1.807, 2.05) is 0 Å². The van der Waals surface area contributed by atoms with Crippen LogP contribution >= 0.6 is 23.2 Å². The molecule has 1 amide bonds. The number of nitrogens with one attached hydrogen (secondary N) is 1. The van der Waals surface area contributed by atoms with Crippen molar-refractivity contribution in [1.29, 1.82) is 0 Å². The van der Waals surface area contributed by atoms with E-state index in [4.69, 9.17) is 27.9 Å². The third-order valence-electron chi connectivity index (χ3n) is 2.84. The zero-order chi connectivity index (χ0) is 17.0. The van der Waals surface area contributed by atoms with Gasteiger partial charge in [0.2, 0.25) is 0 Å². The average molecular weight is 374 g/mol. The Bertz CT molecular complexity index is 820. The maximum Gasteiger partial charge on any atom is 0.262 e. The molecule has 0 radical (unpaired) electrons. The second-order valence-corrected chi connectivity index (χ2v) is 7.49. The fraction of sp³-hybridized carbons (Fsp3) is 0.133. The molecule has 0 bridgehead atoms. The summed E-state index contributed by atoms with van der Waals surface area (Å²) in [5.41, 5.74) is 0.461. The molecule has 122 valence electrons. The molecule has 0 fully saturated rings. The van der Waals surface area contributed by atoms with Crippen molar-refractivity contribution in [3.8, 4) is 5.75 Å². The summed E-state index contributed by atoms with van der Waals surface area (Å²) < 4.78 is 28.0. The predicted octanol–water partition coefficient (Wildman–Crippen LogP) is 3.41. The minimum atomic E-state index is -3.27. The second-order valence-electron chi connectivity index (χ2n) is 4.69. The zero-order valence-corrected chi connectivity index (χ0v) is 14.4. The predicted molar refractivity (Wildman–Crippen MR) is 90.1 cm³/mol. The van der Waals surface area contributed by atoms with Crippen molar-refractivity contribution in [3.63, 3.8) is 0 Å². The maximum absolute atomic E-state index is 11.8. The van der Waals surface area contributed by atoms with Crippen LogP contribution in [-0.2, 0) is 14.6 Å². The summed E-state index contributed by atoms with van der Waals surface area (Å²) in [5, 5.41) is 3.16. The third kappa shape index (κ3) is 4.86. The molecule has 5 nitrogen and oxygen atoms in total. The van der Waals surface area contributed by atoms with Gasteiger partial charge in [0.25, 0.3) is 5.91 Å². The van der Waals surface area contributed by atoms with Gasteiger partial charge in [-0.1, -0.05) is 29.3 Å². The highest BCUT2D eigenvalue weighted by molar-refractivity contribution is 7.90. The summed E-state index contributed by atoms with van der Waals surface area (Å²) in [6, 6.07) is 10.7. The fourth-order valence-corrected chi connectivity index (χ4v) is 2.70. The third-order valence-corrected chi connectivity index (χ3v) is 4.77. The van der Waals surface area contributed by atoms with E-state index in [0.29, 0.717) is 16.5 Å². The van der Waals surface area contributed by atoms with Gasteiger partial charge in [0, 0.05) is 11.9 Å². The standard InChI is InChI=1S/C15H13Cl2NO4S/c1-23(20,21)11-7-5-10(6-8-11)18-14(19)9-22-13-4-2-3-12(16)15(13)17/h2-8H,9H2,1H3,(H,18,19). The number of halogens is 2. The summed E-state index contributed by atoms with van der Waals surface area (Å²) in [6.07, 6.45) is 1.11. The fourth-order valence-electron chi connectivity index (χ4n) is 1.72. The van der Waals surface area contributed by atoms with Crippen molar-refractivity contribution in [2.45, 2.75) is 4.90 Å². The molecule has 0 saturated heterocycles. The van der Waals surface area contributed by atoms with E-state index in [1.54, 1.807) is 18.2 Å². The number of ether oxygens (including phenoxy) is 1. The Morgan fingerprint density at radius 3 is 2.39 bits per heavy atom. The Labute approximate surface area is 144 Å². The first kappa shape index (κ1) is 17.6. The Hall–Kier alpha value is -1.76. The molecule has 0 heterocycles. The van der Waals surface area contributed by atoms with Crippen molar-refractivity contribution >= 4 is 44.6 Å². The molecular formula is C15H13Cl2NO4S. The lowest BCUT2D eigenvalue weighted by atomic mass is 10.3. The Morgan fingerprint density at radius 1 is 1.13 bits per heavy atom. The zero-order valence-electron chi connectivity index (χ0n) is 12.0. The highest BCUT2D eigenvalue weighted by Gasteiger charge is 2.10. The highest BCUT2D eigenvalue weighted by Crippen LogP contribution is 2.31. The maximum atomic E-state index is 11.8. The summed E-state index contributed by atoms with van der Waals surface area (Å²) in [4.78, 5) is 12.0. The van der Waals surface area contributed by atoms with Crippen LogP contribution in [-0.4, -0.2) is 27.2 Å². The van der Waals surface area contributed by atoms with Gasteiger partial charge in [-0.15, -0.1) is 0 Å².